The minimum absolute atomic E-state index is 0.327. The number of unbranched alkanes of at least 4 members (excludes halogenated alkanes) is 6. The van der Waals surface area contributed by atoms with E-state index in [1.807, 2.05) is 0 Å². The maximum atomic E-state index is 11.1. The van der Waals surface area contributed by atoms with E-state index in [0.717, 1.165) is 12.8 Å². The van der Waals surface area contributed by atoms with Crippen molar-refractivity contribution in [2.45, 2.75) is 64.7 Å². The number of ketones is 1. The standard InChI is InChI=1S/C12H23ClO/c1-2-3-4-5-6-7-8-9-12(14)10-11-13/h2-11H2,1H3. The summed E-state index contributed by atoms with van der Waals surface area (Å²) in [5.41, 5.74) is 0. The fourth-order valence-corrected chi connectivity index (χ4v) is 1.72. The zero-order valence-electron chi connectivity index (χ0n) is 9.36. The summed E-state index contributed by atoms with van der Waals surface area (Å²) >= 11 is 5.47. The summed E-state index contributed by atoms with van der Waals surface area (Å²) in [5.74, 6) is 0.809. The van der Waals surface area contributed by atoms with Crippen LogP contribution in [0.1, 0.15) is 64.7 Å². The Morgan fingerprint density at radius 3 is 2.07 bits per heavy atom. The second kappa shape index (κ2) is 11.0. The number of hydrogen-bond donors (Lipinski definition) is 0. The second-order valence-corrected chi connectivity index (χ2v) is 4.23. The Balaban J connectivity index is 3.01. The smallest absolute Gasteiger partial charge is 0.134 e. The third-order valence-corrected chi connectivity index (χ3v) is 2.62. The van der Waals surface area contributed by atoms with Crippen LogP contribution in [0.5, 0.6) is 0 Å². The van der Waals surface area contributed by atoms with Crippen LogP contribution in [0.2, 0.25) is 0 Å². The quantitative estimate of drug-likeness (QED) is 0.394. The molecule has 1 nitrogen and oxygen atoms in total. The van der Waals surface area contributed by atoms with Gasteiger partial charge in [-0.1, -0.05) is 45.4 Å². The third-order valence-electron chi connectivity index (χ3n) is 2.43. The molecule has 0 aromatic carbocycles. The van der Waals surface area contributed by atoms with E-state index in [0.29, 0.717) is 18.1 Å². The summed E-state index contributed by atoms with van der Waals surface area (Å²) in [6, 6.07) is 0. The van der Waals surface area contributed by atoms with Crippen molar-refractivity contribution in [1.82, 2.24) is 0 Å². The van der Waals surface area contributed by atoms with Crippen molar-refractivity contribution >= 4 is 17.4 Å². The Hall–Kier alpha value is -0.0400. The molecule has 0 fully saturated rings. The highest BCUT2D eigenvalue weighted by Gasteiger charge is 1.99. The molecule has 0 saturated carbocycles. The number of alkyl halides is 1. The zero-order chi connectivity index (χ0) is 10.6. The van der Waals surface area contributed by atoms with E-state index in [-0.39, 0.29) is 0 Å². The van der Waals surface area contributed by atoms with Crippen molar-refractivity contribution < 1.29 is 4.79 Å². The van der Waals surface area contributed by atoms with Crippen LogP contribution in [0.3, 0.4) is 0 Å². The molecule has 0 aromatic heterocycles. The van der Waals surface area contributed by atoms with E-state index < -0.39 is 0 Å². The molecule has 0 heterocycles. The Kier molecular flexibility index (Phi) is 11.0. The highest BCUT2D eigenvalue weighted by atomic mass is 35.5. The van der Waals surface area contributed by atoms with Crippen LogP contribution >= 0.6 is 11.6 Å². The molecule has 0 aliphatic heterocycles. The summed E-state index contributed by atoms with van der Waals surface area (Å²) in [4.78, 5) is 11.1. The second-order valence-electron chi connectivity index (χ2n) is 3.85. The molecule has 0 aromatic rings. The number of rotatable bonds is 10. The summed E-state index contributed by atoms with van der Waals surface area (Å²) in [6.45, 7) is 2.23. The highest BCUT2D eigenvalue weighted by Crippen LogP contribution is 2.09. The van der Waals surface area contributed by atoms with Crippen LogP contribution in [0.4, 0.5) is 0 Å². The average molecular weight is 219 g/mol. The molecule has 0 radical (unpaired) electrons. The number of halogens is 1. The van der Waals surface area contributed by atoms with Gasteiger partial charge in [0.2, 0.25) is 0 Å². The van der Waals surface area contributed by atoms with Crippen LogP contribution in [0.25, 0.3) is 0 Å². The van der Waals surface area contributed by atoms with Gasteiger partial charge in [0.25, 0.3) is 0 Å². The van der Waals surface area contributed by atoms with E-state index in [2.05, 4.69) is 6.92 Å². The molecule has 0 saturated heterocycles. The lowest BCUT2D eigenvalue weighted by Crippen LogP contribution is -1.97. The number of carbonyl (C=O) groups is 1. The number of Topliss-reactive ketones (excluding diaryl/α,β-unsaturated/α-hetero) is 1. The zero-order valence-corrected chi connectivity index (χ0v) is 10.1. The number of hydrogen-bond acceptors (Lipinski definition) is 1. The Labute approximate surface area is 93.2 Å². The third kappa shape index (κ3) is 10.0. The van der Waals surface area contributed by atoms with Crippen molar-refractivity contribution in [3.05, 3.63) is 0 Å². The van der Waals surface area contributed by atoms with Crippen LogP contribution in [0, 0.1) is 0 Å². The Morgan fingerprint density at radius 2 is 1.50 bits per heavy atom. The summed E-state index contributed by atoms with van der Waals surface area (Å²) in [6.07, 6.45) is 10.2. The fourth-order valence-electron chi connectivity index (χ4n) is 1.51. The van der Waals surface area contributed by atoms with Gasteiger partial charge in [0, 0.05) is 18.7 Å². The van der Waals surface area contributed by atoms with Crippen LogP contribution in [0.15, 0.2) is 0 Å². The first-order valence-electron chi connectivity index (χ1n) is 5.89. The van der Waals surface area contributed by atoms with Crippen molar-refractivity contribution in [2.75, 3.05) is 5.88 Å². The molecule has 0 spiro atoms. The van der Waals surface area contributed by atoms with Gasteiger partial charge in [0.05, 0.1) is 0 Å². The minimum Gasteiger partial charge on any atom is -0.300 e. The van der Waals surface area contributed by atoms with Crippen molar-refractivity contribution in [3.8, 4) is 0 Å². The van der Waals surface area contributed by atoms with Gasteiger partial charge >= 0.3 is 0 Å². The van der Waals surface area contributed by atoms with E-state index in [4.69, 9.17) is 11.6 Å². The maximum Gasteiger partial charge on any atom is 0.134 e. The maximum absolute atomic E-state index is 11.1. The molecule has 0 bridgehead atoms. The van der Waals surface area contributed by atoms with Gasteiger partial charge in [-0.05, 0) is 6.42 Å². The lowest BCUT2D eigenvalue weighted by Gasteiger charge is -2.00. The van der Waals surface area contributed by atoms with Crippen molar-refractivity contribution in [2.24, 2.45) is 0 Å². The summed E-state index contributed by atoms with van der Waals surface area (Å²) < 4.78 is 0. The van der Waals surface area contributed by atoms with Gasteiger partial charge in [-0.3, -0.25) is 4.79 Å². The van der Waals surface area contributed by atoms with Gasteiger partial charge in [0.15, 0.2) is 0 Å². The fraction of sp³-hybridized carbons (Fsp3) is 0.917. The van der Waals surface area contributed by atoms with Crippen LogP contribution in [-0.2, 0) is 4.79 Å². The molecule has 0 aliphatic rings. The lowest BCUT2D eigenvalue weighted by molar-refractivity contribution is -0.118. The van der Waals surface area contributed by atoms with Gasteiger partial charge < -0.3 is 0 Å². The van der Waals surface area contributed by atoms with Crippen molar-refractivity contribution in [3.63, 3.8) is 0 Å². The molecule has 0 aliphatic carbocycles. The van der Waals surface area contributed by atoms with E-state index in [1.54, 1.807) is 0 Å². The largest absolute Gasteiger partial charge is 0.300 e. The van der Waals surface area contributed by atoms with Gasteiger partial charge in [0.1, 0.15) is 5.78 Å². The van der Waals surface area contributed by atoms with Gasteiger partial charge in [-0.25, -0.2) is 0 Å². The molecule has 0 amide bonds. The lowest BCUT2D eigenvalue weighted by atomic mass is 10.1. The molecular weight excluding hydrogens is 196 g/mol. The van der Waals surface area contributed by atoms with Crippen LogP contribution in [-0.4, -0.2) is 11.7 Å². The molecule has 84 valence electrons. The first-order valence-corrected chi connectivity index (χ1v) is 6.42. The molecule has 14 heavy (non-hydrogen) atoms. The van der Waals surface area contributed by atoms with Gasteiger partial charge in [-0.15, -0.1) is 11.6 Å². The van der Waals surface area contributed by atoms with E-state index in [9.17, 15) is 4.79 Å². The van der Waals surface area contributed by atoms with Gasteiger partial charge in [-0.2, -0.15) is 0 Å². The van der Waals surface area contributed by atoms with Crippen LogP contribution < -0.4 is 0 Å². The molecule has 0 N–H and O–H groups in total. The van der Waals surface area contributed by atoms with Crippen molar-refractivity contribution in [1.29, 1.82) is 0 Å². The topological polar surface area (TPSA) is 17.1 Å². The molecule has 2 heteroatoms. The summed E-state index contributed by atoms with van der Waals surface area (Å²) in [7, 11) is 0. The average Bonchev–Trinajstić information content (AvgIpc) is 2.17. The minimum atomic E-state index is 0.327. The normalized spacial score (nSPS) is 10.4. The molecular formula is C12H23ClO. The molecule has 0 atom stereocenters. The Morgan fingerprint density at radius 1 is 0.929 bits per heavy atom. The van der Waals surface area contributed by atoms with E-state index in [1.165, 1.54) is 38.5 Å². The summed E-state index contributed by atoms with van der Waals surface area (Å²) in [5, 5.41) is 0. The molecule has 0 unspecified atom stereocenters. The first-order chi connectivity index (χ1) is 6.81. The van der Waals surface area contributed by atoms with E-state index >= 15 is 0 Å². The molecule has 0 rings (SSSR count). The monoisotopic (exact) mass is 218 g/mol. The first kappa shape index (κ1) is 14.0. The SMILES string of the molecule is CCCCCCCCCC(=O)CCCl. The number of carbonyl (C=O) groups excluding carboxylic acids is 1. The predicted molar refractivity (Wildman–Crippen MR) is 63.0 cm³/mol. The predicted octanol–water partition coefficient (Wildman–Crippen LogP) is 4.33. The Bertz CT molecular complexity index is 134. The highest BCUT2D eigenvalue weighted by molar-refractivity contribution is 6.19.